The molecule has 1 amide bonds. The zero-order valence-corrected chi connectivity index (χ0v) is 14.6. The second-order valence-electron chi connectivity index (χ2n) is 5.53. The predicted octanol–water partition coefficient (Wildman–Crippen LogP) is 3.15. The molecule has 0 aliphatic carbocycles. The number of piperidine rings is 1. The maximum atomic E-state index is 12.7. The van der Waals surface area contributed by atoms with Gasteiger partial charge in [-0.1, -0.05) is 0 Å². The van der Waals surface area contributed by atoms with Crippen molar-refractivity contribution < 1.29 is 19.4 Å². The molecule has 1 unspecified atom stereocenters. The van der Waals surface area contributed by atoms with Crippen molar-refractivity contribution in [3.63, 3.8) is 0 Å². The Bertz CT molecular complexity index is 586. The van der Waals surface area contributed by atoms with Gasteiger partial charge in [-0.05, 0) is 42.6 Å². The van der Waals surface area contributed by atoms with Crippen LogP contribution in [0.15, 0.2) is 4.47 Å². The van der Waals surface area contributed by atoms with Crippen LogP contribution < -0.4 is 4.74 Å². The third kappa shape index (κ3) is 2.94. The molecule has 1 aliphatic heterocycles. The van der Waals surface area contributed by atoms with Crippen LogP contribution in [0.4, 0.5) is 0 Å². The van der Waals surface area contributed by atoms with Crippen LogP contribution in [0.1, 0.15) is 34.3 Å². The molecule has 116 valence electrons. The van der Waals surface area contributed by atoms with E-state index in [0.717, 1.165) is 9.35 Å². The summed E-state index contributed by atoms with van der Waals surface area (Å²) in [6, 6.07) is 0. The van der Waals surface area contributed by atoms with Gasteiger partial charge in [0.05, 0.1) is 17.0 Å². The van der Waals surface area contributed by atoms with Crippen LogP contribution in [0.3, 0.4) is 0 Å². The Hall–Kier alpha value is -1.08. The molecule has 1 N–H and O–H groups in total. The van der Waals surface area contributed by atoms with Crippen molar-refractivity contribution in [2.45, 2.75) is 26.7 Å². The first-order chi connectivity index (χ1) is 9.80. The third-order valence-electron chi connectivity index (χ3n) is 3.87. The van der Waals surface area contributed by atoms with Gasteiger partial charge in [0.15, 0.2) is 5.75 Å². The number of carboxylic acids is 1. The van der Waals surface area contributed by atoms with Gasteiger partial charge < -0.3 is 14.7 Å². The molecule has 1 aromatic heterocycles. The van der Waals surface area contributed by atoms with Crippen molar-refractivity contribution in [1.29, 1.82) is 0 Å². The molecular weight excluding hydrogens is 358 g/mol. The standard InChI is InChI=1S/C14H18BrNO4S/c1-8-9(15)10(20-3)11(21-8)12(17)16-6-4-5-14(2,7-16)13(18)19/h4-7H2,1-3H3,(H,18,19). The number of hydrogen-bond acceptors (Lipinski definition) is 4. The summed E-state index contributed by atoms with van der Waals surface area (Å²) >= 11 is 4.79. The van der Waals surface area contributed by atoms with Gasteiger partial charge in [-0.15, -0.1) is 11.3 Å². The van der Waals surface area contributed by atoms with E-state index < -0.39 is 11.4 Å². The normalized spacial score (nSPS) is 22.2. The van der Waals surface area contributed by atoms with E-state index in [1.54, 1.807) is 11.8 Å². The van der Waals surface area contributed by atoms with Crippen molar-refractivity contribution >= 4 is 39.1 Å². The topological polar surface area (TPSA) is 66.8 Å². The number of nitrogens with zero attached hydrogens (tertiary/aromatic N) is 1. The maximum absolute atomic E-state index is 12.7. The van der Waals surface area contributed by atoms with E-state index in [1.807, 2.05) is 6.92 Å². The van der Waals surface area contributed by atoms with Gasteiger partial charge in [0, 0.05) is 18.0 Å². The average molecular weight is 376 g/mol. The number of aliphatic carboxylic acids is 1. The Morgan fingerprint density at radius 2 is 2.14 bits per heavy atom. The third-order valence-corrected chi connectivity index (χ3v) is 6.16. The summed E-state index contributed by atoms with van der Waals surface area (Å²) in [7, 11) is 1.53. The van der Waals surface area contributed by atoms with Gasteiger partial charge in [-0.2, -0.15) is 0 Å². The SMILES string of the molecule is COc1c(C(=O)N2CCCC(C)(C(=O)O)C2)sc(C)c1Br. The largest absolute Gasteiger partial charge is 0.494 e. The van der Waals surface area contributed by atoms with E-state index in [9.17, 15) is 14.7 Å². The summed E-state index contributed by atoms with van der Waals surface area (Å²) in [6.45, 7) is 4.42. The van der Waals surface area contributed by atoms with Crippen molar-refractivity contribution in [1.82, 2.24) is 4.90 Å². The van der Waals surface area contributed by atoms with Crippen molar-refractivity contribution in [2.24, 2.45) is 5.41 Å². The lowest BCUT2D eigenvalue weighted by Crippen LogP contribution is -2.48. The molecular formula is C14H18BrNO4S. The number of halogens is 1. The molecule has 0 aromatic carbocycles. The van der Waals surface area contributed by atoms with E-state index in [-0.39, 0.29) is 12.5 Å². The Balaban J connectivity index is 2.28. The lowest BCUT2D eigenvalue weighted by Gasteiger charge is -2.37. The Kier molecular flexibility index (Phi) is 4.63. The smallest absolute Gasteiger partial charge is 0.311 e. The number of rotatable bonds is 3. The van der Waals surface area contributed by atoms with E-state index in [2.05, 4.69) is 15.9 Å². The van der Waals surface area contributed by atoms with Crippen LogP contribution in [-0.4, -0.2) is 42.1 Å². The molecule has 21 heavy (non-hydrogen) atoms. The quantitative estimate of drug-likeness (QED) is 0.880. The molecule has 0 saturated carbocycles. The summed E-state index contributed by atoms with van der Waals surface area (Å²) in [5.41, 5.74) is -0.870. The van der Waals surface area contributed by atoms with Crippen LogP contribution in [0, 0.1) is 12.3 Å². The lowest BCUT2D eigenvalue weighted by molar-refractivity contribution is -0.150. The molecule has 1 fully saturated rings. The average Bonchev–Trinajstić information content (AvgIpc) is 2.73. The van der Waals surface area contributed by atoms with Crippen molar-refractivity contribution in [2.75, 3.05) is 20.2 Å². The number of carboxylic acid groups (broad SMARTS) is 1. The van der Waals surface area contributed by atoms with Crippen molar-refractivity contribution in [3.05, 3.63) is 14.2 Å². The highest BCUT2D eigenvalue weighted by Gasteiger charge is 2.40. The Morgan fingerprint density at radius 1 is 1.48 bits per heavy atom. The predicted molar refractivity (Wildman–Crippen MR) is 84.2 cm³/mol. The lowest BCUT2D eigenvalue weighted by atomic mass is 9.82. The molecule has 0 bridgehead atoms. The molecule has 2 rings (SSSR count). The molecule has 1 atom stereocenters. The minimum Gasteiger partial charge on any atom is -0.494 e. The summed E-state index contributed by atoms with van der Waals surface area (Å²) in [5, 5.41) is 9.35. The van der Waals surface area contributed by atoms with Gasteiger partial charge >= 0.3 is 5.97 Å². The van der Waals surface area contributed by atoms with Gasteiger partial charge in [0.25, 0.3) is 5.91 Å². The molecule has 2 heterocycles. The maximum Gasteiger partial charge on any atom is 0.311 e. The zero-order chi connectivity index (χ0) is 15.8. The number of amides is 1. The van der Waals surface area contributed by atoms with E-state index >= 15 is 0 Å². The van der Waals surface area contributed by atoms with Gasteiger partial charge in [-0.3, -0.25) is 9.59 Å². The molecule has 7 heteroatoms. The number of hydrogen-bond donors (Lipinski definition) is 1. The highest BCUT2D eigenvalue weighted by Crippen LogP contribution is 2.40. The minimum absolute atomic E-state index is 0.155. The van der Waals surface area contributed by atoms with Crippen LogP contribution >= 0.6 is 27.3 Å². The number of aryl methyl sites for hydroxylation is 1. The number of methoxy groups -OCH3 is 1. The minimum atomic E-state index is -0.870. The first-order valence-corrected chi connectivity index (χ1v) is 8.26. The highest BCUT2D eigenvalue weighted by molar-refractivity contribution is 9.10. The fourth-order valence-electron chi connectivity index (χ4n) is 2.56. The number of likely N-dealkylation sites (tertiary alicyclic amines) is 1. The highest BCUT2D eigenvalue weighted by atomic mass is 79.9. The second kappa shape index (κ2) is 5.96. The molecule has 1 aliphatic rings. The Labute approximate surface area is 136 Å². The fraction of sp³-hybridized carbons (Fsp3) is 0.571. The summed E-state index contributed by atoms with van der Waals surface area (Å²) in [6.07, 6.45) is 1.29. The fourth-order valence-corrected chi connectivity index (χ4v) is 4.27. The zero-order valence-electron chi connectivity index (χ0n) is 12.2. The van der Waals surface area contributed by atoms with Crippen molar-refractivity contribution in [3.8, 4) is 5.75 Å². The van der Waals surface area contributed by atoms with Crippen LogP contribution in [0.2, 0.25) is 0 Å². The van der Waals surface area contributed by atoms with Crippen LogP contribution in [0.25, 0.3) is 0 Å². The van der Waals surface area contributed by atoms with E-state index in [1.165, 1.54) is 18.4 Å². The van der Waals surface area contributed by atoms with Crippen LogP contribution in [0.5, 0.6) is 5.75 Å². The van der Waals surface area contributed by atoms with Gasteiger partial charge in [-0.25, -0.2) is 0 Å². The number of carbonyl (C=O) groups excluding carboxylic acids is 1. The first-order valence-electron chi connectivity index (χ1n) is 6.65. The number of ether oxygens (including phenoxy) is 1. The molecule has 0 spiro atoms. The van der Waals surface area contributed by atoms with E-state index in [0.29, 0.717) is 30.0 Å². The Morgan fingerprint density at radius 3 is 2.71 bits per heavy atom. The summed E-state index contributed by atoms with van der Waals surface area (Å²) < 4.78 is 6.10. The molecule has 0 radical (unpaired) electrons. The summed E-state index contributed by atoms with van der Waals surface area (Å²) in [5.74, 6) is -0.474. The molecule has 1 aromatic rings. The molecule has 1 saturated heterocycles. The van der Waals surface area contributed by atoms with Gasteiger partial charge in [0.2, 0.25) is 0 Å². The van der Waals surface area contributed by atoms with E-state index in [4.69, 9.17) is 4.74 Å². The second-order valence-corrected chi connectivity index (χ2v) is 7.55. The monoisotopic (exact) mass is 375 g/mol. The first kappa shape index (κ1) is 16.3. The van der Waals surface area contributed by atoms with Crippen LogP contribution in [-0.2, 0) is 4.79 Å². The number of thiophene rings is 1. The summed E-state index contributed by atoms with van der Waals surface area (Å²) in [4.78, 5) is 27.2. The van der Waals surface area contributed by atoms with Gasteiger partial charge in [0.1, 0.15) is 4.88 Å². The molecule has 5 nitrogen and oxygen atoms in total. The number of carbonyl (C=O) groups is 2.